The number of nitrogens with one attached hydrogen (secondary N) is 1. The van der Waals surface area contributed by atoms with Crippen molar-refractivity contribution in [2.75, 3.05) is 6.54 Å². The second-order valence-electron chi connectivity index (χ2n) is 8.63. The second-order valence-corrected chi connectivity index (χ2v) is 8.63. The quantitative estimate of drug-likeness (QED) is 0.213. The van der Waals surface area contributed by atoms with E-state index >= 15 is 0 Å². The van der Waals surface area contributed by atoms with Crippen LogP contribution in [0.4, 0.5) is 11.4 Å². The summed E-state index contributed by atoms with van der Waals surface area (Å²) in [6.07, 6.45) is 1.75. The Balaban J connectivity index is 1.45. The maximum atomic E-state index is 12.6. The van der Waals surface area contributed by atoms with Crippen LogP contribution in [0.1, 0.15) is 67.3 Å². The largest absolute Gasteiger partial charge is 0.508 e. The van der Waals surface area contributed by atoms with Crippen molar-refractivity contribution in [1.82, 2.24) is 10.4 Å². The molecule has 1 heterocycles. The van der Waals surface area contributed by atoms with Crippen molar-refractivity contribution in [2.45, 2.75) is 51.4 Å². The number of phenolic OH excluding ortho intramolecular Hbond substituents is 1. The summed E-state index contributed by atoms with van der Waals surface area (Å²) in [5.41, 5.74) is 0.837. The van der Waals surface area contributed by atoms with Crippen LogP contribution in [0.5, 0.6) is 5.75 Å². The first-order valence-electron chi connectivity index (χ1n) is 12.1. The van der Waals surface area contributed by atoms with Crippen molar-refractivity contribution >= 4 is 41.0 Å². The van der Waals surface area contributed by atoms with Gasteiger partial charge >= 0.3 is 11.9 Å². The molecule has 1 saturated heterocycles. The van der Waals surface area contributed by atoms with E-state index in [-0.39, 0.29) is 42.2 Å². The van der Waals surface area contributed by atoms with Crippen molar-refractivity contribution < 1.29 is 39.0 Å². The topological polar surface area (TPSA) is 175 Å². The van der Waals surface area contributed by atoms with E-state index in [9.17, 15) is 34.2 Å². The van der Waals surface area contributed by atoms with E-state index in [0.29, 0.717) is 42.1 Å². The number of amides is 3. The van der Waals surface area contributed by atoms with Crippen LogP contribution in [-0.4, -0.2) is 51.5 Å². The Morgan fingerprint density at radius 2 is 1.74 bits per heavy atom. The molecule has 3 amide bonds. The van der Waals surface area contributed by atoms with Gasteiger partial charge < -0.3 is 20.4 Å². The zero-order chi connectivity index (χ0) is 27.7. The van der Waals surface area contributed by atoms with E-state index in [1.165, 1.54) is 30.3 Å². The van der Waals surface area contributed by atoms with Gasteiger partial charge in [-0.25, -0.2) is 9.59 Å². The molecular weight excluding hydrogens is 496 g/mol. The fraction of sp³-hybridized carbons (Fsp3) is 0.346. The maximum absolute atomic E-state index is 12.6. The number of nitrogens with zero attached hydrogens (tertiary/aromatic N) is 3. The lowest BCUT2D eigenvalue weighted by atomic mass is 9.98. The molecule has 0 aliphatic carbocycles. The number of carboxylic acid groups (broad SMARTS) is 1. The summed E-state index contributed by atoms with van der Waals surface area (Å²) in [4.78, 5) is 63.5. The van der Waals surface area contributed by atoms with Gasteiger partial charge in [-0.2, -0.15) is 5.11 Å². The van der Waals surface area contributed by atoms with E-state index in [1.54, 1.807) is 19.1 Å². The van der Waals surface area contributed by atoms with Gasteiger partial charge in [0.1, 0.15) is 11.4 Å². The molecule has 1 aliphatic heterocycles. The fourth-order valence-corrected chi connectivity index (χ4v) is 3.69. The predicted octanol–water partition coefficient (Wildman–Crippen LogP) is 3.89. The van der Waals surface area contributed by atoms with E-state index in [1.807, 2.05) is 0 Å². The Bertz CT molecular complexity index is 1240. The van der Waals surface area contributed by atoms with Crippen molar-refractivity contribution in [3.8, 4) is 5.75 Å². The Hall–Kier alpha value is -4.61. The van der Waals surface area contributed by atoms with Gasteiger partial charge in [0.05, 0.1) is 17.2 Å². The van der Waals surface area contributed by atoms with Gasteiger partial charge in [-0.15, -0.1) is 10.2 Å². The summed E-state index contributed by atoms with van der Waals surface area (Å²) in [5, 5.41) is 30.9. The first-order chi connectivity index (χ1) is 18.2. The van der Waals surface area contributed by atoms with Crippen LogP contribution in [0.15, 0.2) is 52.7 Å². The number of hydroxylamine groups is 2. The molecule has 12 nitrogen and oxygen atoms in total. The van der Waals surface area contributed by atoms with E-state index in [0.717, 1.165) is 0 Å². The number of hydrogen-bond acceptors (Lipinski definition) is 9. The molecule has 0 saturated carbocycles. The molecule has 2 aromatic carbocycles. The summed E-state index contributed by atoms with van der Waals surface area (Å²) in [7, 11) is 0. The molecule has 0 spiro atoms. The third kappa shape index (κ3) is 7.45. The van der Waals surface area contributed by atoms with Crippen molar-refractivity contribution in [2.24, 2.45) is 10.2 Å². The monoisotopic (exact) mass is 524 g/mol. The normalized spacial score (nSPS) is 14.1. The van der Waals surface area contributed by atoms with Crippen LogP contribution in [-0.2, 0) is 24.0 Å². The van der Waals surface area contributed by atoms with E-state index < -0.39 is 29.7 Å². The molecule has 3 rings (SSSR count). The Labute approximate surface area is 218 Å². The first kappa shape index (κ1) is 28.0. The number of benzene rings is 2. The number of phenols is 1. The van der Waals surface area contributed by atoms with Crippen molar-refractivity contribution in [3.05, 3.63) is 53.6 Å². The Kier molecular flexibility index (Phi) is 9.63. The summed E-state index contributed by atoms with van der Waals surface area (Å²) in [5.74, 6) is -3.97. The zero-order valence-electron chi connectivity index (χ0n) is 20.8. The van der Waals surface area contributed by atoms with Crippen molar-refractivity contribution in [3.63, 3.8) is 0 Å². The highest BCUT2D eigenvalue weighted by Crippen LogP contribution is 2.31. The SMILES string of the molecule is CC(C(=O)NCCCCCC(=O)ON1C(=O)CCC1=O)c1cc(/N=N/c2ccccc2C(=O)O)ccc1O. The number of hydrogen-bond donors (Lipinski definition) is 3. The minimum atomic E-state index is -1.13. The molecule has 1 fully saturated rings. The molecule has 200 valence electrons. The van der Waals surface area contributed by atoms with Gasteiger partial charge in [-0.1, -0.05) is 18.6 Å². The van der Waals surface area contributed by atoms with Gasteiger partial charge in [-0.3, -0.25) is 14.4 Å². The lowest BCUT2D eigenvalue weighted by molar-refractivity contribution is -0.197. The minimum absolute atomic E-state index is 0.00307. The lowest BCUT2D eigenvalue weighted by Gasteiger charge is -2.14. The van der Waals surface area contributed by atoms with Gasteiger partial charge in [0.2, 0.25) is 5.91 Å². The van der Waals surface area contributed by atoms with Crippen LogP contribution < -0.4 is 5.32 Å². The number of imide groups is 1. The summed E-state index contributed by atoms with van der Waals surface area (Å²) < 4.78 is 0. The molecule has 12 heteroatoms. The third-order valence-corrected chi connectivity index (χ3v) is 5.83. The molecular formula is C26H28N4O8. The average molecular weight is 525 g/mol. The van der Waals surface area contributed by atoms with Gasteiger partial charge in [0.25, 0.3) is 11.8 Å². The summed E-state index contributed by atoms with van der Waals surface area (Å²) in [6, 6.07) is 10.5. The molecule has 1 atom stereocenters. The number of aromatic carboxylic acids is 1. The number of rotatable bonds is 12. The number of carbonyl (C=O) groups excluding carboxylic acids is 4. The fourth-order valence-electron chi connectivity index (χ4n) is 3.69. The second kappa shape index (κ2) is 13.1. The highest BCUT2D eigenvalue weighted by atomic mass is 16.7. The van der Waals surface area contributed by atoms with Crippen LogP contribution >= 0.6 is 0 Å². The molecule has 3 N–H and O–H groups in total. The minimum Gasteiger partial charge on any atom is -0.508 e. The van der Waals surface area contributed by atoms with Crippen LogP contribution in [0, 0.1) is 0 Å². The number of carbonyl (C=O) groups is 5. The number of carboxylic acids is 1. The number of azo groups is 1. The lowest BCUT2D eigenvalue weighted by Crippen LogP contribution is -2.32. The Morgan fingerprint density at radius 1 is 1.03 bits per heavy atom. The Morgan fingerprint density at radius 3 is 2.45 bits per heavy atom. The molecule has 1 aliphatic rings. The van der Waals surface area contributed by atoms with Crippen molar-refractivity contribution in [1.29, 1.82) is 0 Å². The highest BCUT2D eigenvalue weighted by Gasteiger charge is 2.32. The summed E-state index contributed by atoms with van der Waals surface area (Å²) in [6.45, 7) is 1.97. The maximum Gasteiger partial charge on any atom is 0.337 e. The molecule has 38 heavy (non-hydrogen) atoms. The van der Waals surface area contributed by atoms with Crippen LogP contribution in [0.2, 0.25) is 0 Å². The van der Waals surface area contributed by atoms with Gasteiger partial charge in [0.15, 0.2) is 0 Å². The number of aromatic hydroxyl groups is 1. The smallest absolute Gasteiger partial charge is 0.337 e. The van der Waals surface area contributed by atoms with E-state index in [2.05, 4.69) is 15.5 Å². The highest BCUT2D eigenvalue weighted by molar-refractivity contribution is 6.01. The standard InChI is InChI=1S/C26H28N4O8/c1-16(25(35)27-14-6-2-3-9-24(34)38-30-22(32)12-13-23(30)33)19-15-17(10-11-21(19)31)28-29-20-8-5-4-7-18(20)26(36)37/h4-5,7-8,10-11,15-16,31H,2-3,6,9,12-14H2,1H3,(H,27,35)(H,36,37)/b29-28+. The average Bonchev–Trinajstić information content (AvgIpc) is 3.21. The van der Waals surface area contributed by atoms with Gasteiger partial charge in [0, 0.05) is 31.4 Å². The molecule has 0 bridgehead atoms. The first-order valence-corrected chi connectivity index (χ1v) is 12.1. The predicted molar refractivity (Wildman–Crippen MR) is 133 cm³/mol. The third-order valence-electron chi connectivity index (χ3n) is 5.83. The zero-order valence-corrected chi connectivity index (χ0v) is 20.8. The van der Waals surface area contributed by atoms with Crippen LogP contribution in [0.3, 0.4) is 0 Å². The molecule has 0 radical (unpaired) electrons. The van der Waals surface area contributed by atoms with Crippen LogP contribution in [0.25, 0.3) is 0 Å². The summed E-state index contributed by atoms with van der Waals surface area (Å²) >= 11 is 0. The molecule has 1 unspecified atom stereocenters. The molecule has 0 aromatic heterocycles. The molecule has 2 aromatic rings. The van der Waals surface area contributed by atoms with Gasteiger partial charge in [-0.05, 0) is 50.1 Å². The van der Waals surface area contributed by atoms with E-state index in [4.69, 9.17) is 4.84 Å². The number of unbranched alkanes of at least 4 members (excludes halogenated alkanes) is 2.